The summed E-state index contributed by atoms with van der Waals surface area (Å²) < 4.78 is 0. The molecule has 0 atom stereocenters. The smallest absolute Gasteiger partial charge is 0.269 e. The molecule has 3 rings (SSSR count). The minimum absolute atomic E-state index is 0.0521. The Balaban J connectivity index is 1.83. The molecule has 0 saturated heterocycles. The van der Waals surface area contributed by atoms with E-state index in [4.69, 9.17) is 0 Å². The van der Waals surface area contributed by atoms with Crippen LogP contribution < -0.4 is 0 Å². The summed E-state index contributed by atoms with van der Waals surface area (Å²) in [6.45, 7) is 0. The molecule has 2 aromatic carbocycles. The van der Waals surface area contributed by atoms with E-state index in [-0.39, 0.29) is 11.4 Å². The van der Waals surface area contributed by atoms with E-state index in [1.165, 1.54) is 48.5 Å². The lowest BCUT2D eigenvalue weighted by Crippen LogP contribution is -2.15. The largest absolute Gasteiger partial charge is 0.285 e. The van der Waals surface area contributed by atoms with Gasteiger partial charge in [-0.3, -0.25) is 29.8 Å². The first kappa shape index (κ1) is 19.8. The Labute approximate surface area is 165 Å². The molecular weight excluding hydrogens is 376 g/mol. The molecule has 1 fully saturated rings. The Morgan fingerprint density at radius 3 is 1.31 bits per heavy atom. The number of nitro groups is 2. The number of benzene rings is 2. The lowest BCUT2D eigenvalue weighted by Gasteiger charge is -2.02. The first-order valence-electron chi connectivity index (χ1n) is 8.84. The Kier molecular flexibility index (Phi) is 5.73. The summed E-state index contributed by atoms with van der Waals surface area (Å²) in [5.41, 5.74) is 1.82. The first-order chi connectivity index (χ1) is 13.8. The number of hydrogen-bond donors (Lipinski definition) is 0. The van der Waals surface area contributed by atoms with Gasteiger partial charge in [0.05, 0.1) is 9.85 Å². The highest BCUT2D eigenvalue weighted by Gasteiger charge is 2.26. The predicted octanol–water partition coefficient (Wildman–Crippen LogP) is 4.29. The maximum absolute atomic E-state index is 12.6. The number of non-ortho nitro benzene ring substituents is 2. The van der Waals surface area contributed by atoms with Gasteiger partial charge >= 0.3 is 0 Å². The van der Waals surface area contributed by atoms with E-state index in [9.17, 15) is 29.8 Å². The zero-order valence-electron chi connectivity index (χ0n) is 15.2. The van der Waals surface area contributed by atoms with Crippen LogP contribution in [0.5, 0.6) is 0 Å². The molecular formula is C21H16N2O6. The van der Waals surface area contributed by atoms with Crippen molar-refractivity contribution >= 4 is 35.1 Å². The normalized spacial score (nSPS) is 17.4. The summed E-state index contributed by atoms with van der Waals surface area (Å²) in [5, 5.41) is 21.5. The van der Waals surface area contributed by atoms with Gasteiger partial charge in [-0.25, -0.2) is 0 Å². The van der Waals surface area contributed by atoms with E-state index in [0.29, 0.717) is 41.5 Å². The van der Waals surface area contributed by atoms with Gasteiger partial charge in [0.25, 0.3) is 11.4 Å². The van der Waals surface area contributed by atoms with Crippen LogP contribution in [0.3, 0.4) is 0 Å². The fourth-order valence-corrected chi connectivity index (χ4v) is 3.05. The number of nitro benzene ring substituents is 2. The zero-order valence-corrected chi connectivity index (χ0v) is 15.2. The Morgan fingerprint density at radius 1 is 0.655 bits per heavy atom. The third-order valence-electron chi connectivity index (χ3n) is 4.57. The minimum atomic E-state index is -0.603. The van der Waals surface area contributed by atoms with Crippen LogP contribution >= 0.6 is 0 Å². The number of carbonyl (C=O) groups excluding carboxylic acids is 2. The highest BCUT2D eigenvalue weighted by molar-refractivity contribution is 6.50. The predicted molar refractivity (Wildman–Crippen MR) is 106 cm³/mol. The molecule has 0 aromatic heterocycles. The van der Waals surface area contributed by atoms with Gasteiger partial charge in [0.1, 0.15) is 0 Å². The van der Waals surface area contributed by atoms with E-state index < -0.39 is 21.4 Å². The van der Waals surface area contributed by atoms with Gasteiger partial charge in [0, 0.05) is 35.4 Å². The van der Waals surface area contributed by atoms with Crippen molar-refractivity contribution in [1.82, 2.24) is 0 Å². The maximum Gasteiger partial charge on any atom is 0.269 e. The van der Waals surface area contributed by atoms with Gasteiger partial charge in [-0.05, 0) is 66.8 Å². The minimum Gasteiger partial charge on any atom is -0.285 e. The van der Waals surface area contributed by atoms with Crippen molar-refractivity contribution in [2.75, 3.05) is 0 Å². The Morgan fingerprint density at radius 2 is 1.00 bits per heavy atom. The number of nitrogens with zero attached hydrogens (tertiary/aromatic N) is 2. The third kappa shape index (κ3) is 4.67. The molecule has 146 valence electrons. The standard InChI is InChI=1S/C21H16N2O6/c24-20-16(12-14-4-8-18(9-5-14)22(26)27)2-1-3-17(21(20)25)13-15-6-10-19(11-7-15)23(28)29/h4-13H,1-3H2/b16-12-,17-13+. The molecule has 0 aliphatic heterocycles. The summed E-state index contributed by atoms with van der Waals surface area (Å²) in [6, 6.07) is 11.5. The van der Waals surface area contributed by atoms with Crippen molar-refractivity contribution in [3.05, 3.63) is 91.0 Å². The van der Waals surface area contributed by atoms with Gasteiger partial charge in [-0.15, -0.1) is 0 Å². The molecule has 8 heteroatoms. The van der Waals surface area contributed by atoms with Gasteiger partial charge in [-0.1, -0.05) is 0 Å². The molecule has 8 nitrogen and oxygen atoms in total. The zero-order chi connectivity index (χ0) is 21.0. The summed E-state index contributed by atoms with van der Waals surface area (Å²) in [7, 11) is 0. The van der Waals surface area contributed by atoms with Crippen LogP contribution in [0.2, 0.25) is 0 Å². The molecule has 0 spiro atoms. The molecule has 0 heterocycles. The average molecular weight is 392 g/mol. The second-order valence-electron chi connectivity index (χ2n) is 6.55. The topological polar surface area (TPSA) is 120 Å². The summed E-state index contributed by atoms with van der Waals surface area (Å²) in [6.07, 6.45) is 4.59. The average Bonchev–Trinajstić information content (AvgIpc) is 2.83. The van der Waals surface area contributed by atoms with E-state index in [2.05, 4.69) is 0 Å². The number of allylic oxidation sites excluding steroid dienone is 2. The van der Waals surface area contributed by atoms with Crippen molar-refractivity contribution in [2.45, 2.75) is 19.3 Å². The Bertz CT molecular complexity index is 964. The molecule has 0 unspecified atom stereocenters. The molecule has 0 amide bonds. The quantitative estimate of drug-likeness (QED) is 0.252. The number of carbonyl (C=O) groups is 2. The molecule has 0 bridgehead atoms. The van der Waals surface area contributed by atoms with Crippen LogP contribution in [0, 0.1) is 20.2 Å². The van der Waals surface area contributed by atoms with Crippen molar-refractivity contribution < 1.29 is 19.4 Å². The van der Waals surface area contributed by atoms with Crippen LogP contribution in [-0.2, 0) is 9.59 Å². The highest BCUT2D eigenvalue weighted by atomic mass is 16.6. The lowest BCUT2D eigenvalue weighted by atomic mass is 10.00. The van der Waals surface area contributed by atoms with Gasteiger partial charge in [0.2, 0.25) is 11.6 Å². The fourth-order valence-electron chi connectivity index (χ4n) is 3.05. The van der Waals surface area contributed by atoms with Crippen molar-refractivity contribution in [3.63, 3.8) is 0 Å². The first-order valence-corrected chi connectivity index (χ1v) is 8.84. The van der Waals surface area contributed by atoms with Crippen LogP contribution in [0.15, 0.2) is 59.7 Å². The van der Waals surface area contributed by atoms with Crippen LogP contribution in [-0.4, -0.2) is 21.4 Å². The van der Waals surface area contributed by atoms with Gasteiger partial charge in [-0.2, -0.15) is 0 Å². The second-order valence-corrected chi connectivity index (χ2v) is 6.55. The Hall–Kier alpha value is -3.94. The van der Waals surface area contributed by atoms with Crippen molar-refractivity contribution in [1.29, 1.82) is 0 Å². The molecule has 2 aromatic rings. The molecule has 1 aliphatic rings. The second kappa shape index (κ2) is 8.39. The maximum atomic E-state index is 12.6. The monoisotopic (exact) mass is 392 g/mol. The van der Waals surface area contributed by atoms with E-state index in [1.807, 2.05) is 0 Å². The number of rotatable bonds is 4. The molecule has 1 aliphatic carbocycles. The lowest BCUT2D eigenvalue weighted by molar-refractivity contribution is -0.385. The SMILES string of the molecule is O=C1C(=O)/C(=C/c2ccc([N+](=O)[O-])cc2)CCC/C1=C/c1ccc([N+](=O)[O-])cc1. The van der Waals surface area contributed by atoms with Crippen molar-refractivity contribution in [3.8, 4) is 0 Å². The number of hydrogen-bond acceptors (Lipinski definition) is 6. The number of ketones is 2. The third-order valence-corrected chi connectivity index (χ3v) is 4.57. The van der Waals surface area contributed by atoms with Crippen molar-refractivity contribution in [2.24, 2.45) is 0 Å². The summed E-state index contributed by atoms with van der Waals surface area (Å²) in [5.74, 6) is -1.21. The molecule has 29 heavy (non-hydrogen) atoms. The van der Waals surface area contributed by atoms with Gasteiger partial charge in [0.15, 0.2) is 0 Å². The molecule has 0 N–H and O–H groups in total. The fraction of sp³-hybridized carbons (Fsp3) is 0.143. The van der Waals surface area contributed by atoms with Crippen LogP contribution in [0.4, 0.5) is 11.4 Å². The van der Waals surface area contributed by atoms with Crippen LogP contribution in [0.1, 0.15) is 30.4 Å². The van der Waals surface area contributed by atoms with E-state index in [1.54, 1.807) is 12.2 Å². The summed E-state index contributed by atoms with van der Waals surface area (Å²) >= 11 is 0. The van der Waals surface area contributed by atoms with Gasteiger partial charge < -0.3 is 0 Å². The van der Waals surface area contributed by atoms with E-state index in [0.717, 1.165) is 0 Å². The summed E-state index contributed by atoms with van der Waals surface area (Å²) in [4.78, 5) is 45.7. The molecule has 0 radical (unpaired) electrons. The highest BCUT2D eigenvalue weighted by Crippen LogP contribution is 2.26. The van der Waals surface area contributed by atoms with Crippen LogP contribution in [0.25, 0.3) is 12.2 Å². The molecule has 1 saturated carbocycles. The number of Topliss-reactive ketones (excluding diaryl/α,β-unsaturated/α-hetero) is 2. The van der Waals surface area contributed by atoms with E-state index >= 15 is 0 Å².